The summed E-state index contributed by atoms with van der Waals surface area (Å²) in [6, 6.07) is 11.8. The van der Waals surface area contributed by atoms with Crippen molar-refractivity contribution < 1.29 is 0 Å². The molecule has 0 amide bonds. The van der Waals surface area contributed by atoms with Gasteiger partial charge in [0.15, 0.2) is 5.17 Å². The Morgan fingerprint density at radius 1 is 1.29 bits per heavy atom. The van der Waals surface area contributed by atoms with E-state index in [1.165, 1.54) is 36.4 Å². The average Bonchev–Trinajstić information content (AvgIpc) is 2.95. The van der Waals surface area contributed by atoms with Gasteiger partial charge in [-0.1, -0.05) is 48.5 Å². The van der Waals surface area contributed by atoms with Gasteiger partial charge in [0.05, 0.1) is 6.04 Å². The minimum absolute atomic E-state index is 0.444. The molecule has 1 aliphatic carbocycles. The standard InChI is InChI=1S/C17H24N2S2/c1-20-16-9-5-8-14(11-16)18-17-19-15(12-21-17)10-13-6-3-2-4-7-13/h2-4,6-7,14-16H,5,8-12H2,1H3,(H,18,19). The molecule has 1 N–H and O–H groups in total. The number of aliphatic imine (C=N–C) groups is 1. The molecule has 21 heavy (non-hydrogen) atoms. The maximum absolute atomic E-state index is 4.89. The monoisotopic (exact) mass is 320 g/mol. The van der Waals surface area contributed by atoms with Gasteiger partial charge in [0.1, 0.15) is 0 Å². The van der Waals surface area contributed by atoms with Crippen molar-refractivity contribution >= 4 is 28.7 Å². The zero-order chi connectivity index (χ0) is 14.5. The summed E-state index contributed by atoms with van der Waals surface area (Å²) >= 11 is 3.93. The molecule has 1 saturated carbocycles. The second-order valence-corrected chi connectivity index (χ2v) is 8.10. The van der Waals surface area contributed by atoms with Crippen molar-refractivity contribution in [2.75, 3.05) is 12.0 Å². The first-order valence-electron chi connectivity index (χ1n) is 7.87. The van der Waals surface area contributed by atoms with Crippen LogP contribution in [0.5, 0.6) is 0 Å². The minimum Gasteiger partial charge on any atom is -0.362 e. The van der Waals surface area contributed by atoms with Gasteiger partial charge in [-0.3, -0.25) is 4.99 Å². The van der Waals surface area contributed by atoms with Gasteiger partial charge in [-0.2, -0.15) is 11.8 Å². The molecule has 0 bridgehead atoms. The van der Waals surface area contributed by atoms with Crippen LogP contribution in [0.1, 0.15) is 31.2 Å². The Kier molecular flexibility index (Phi) is 5.53. The van der Waals surface area contributed by atoms with E-state index >= 15 is 0 Å². The van der Waals surface area contributed by atoms with Crippen LogP contribution in [0, 0.1) is 0 Å². The van der Waals surface area contributed by atoms with Crippen molar-refractivity contribution in [3.8, 4) is 0 Å². The van der Waals surface area contributed by atoms with Gasteiger partial charge in [0.25, 0.3) is 0 Å². The lowest BCUT2D eigenvalue weighted by Gasteiger charge is -2.29. The highest BCUT2D eigenvalue weighted by molar-refractivity contribution is 8.14. The Bertz CT molecular complexity index is 475. The lowest BCUT2D eigenvalue weighted by Crippen LogP contribution is -2.37. The van der Waals surface area contributed by atoms with Crippen LogP contribution in [0.15, 0.2) is 35.3 Å². The Morgan fingerprint density at radius 3 is 2.95 bits per heavy atom. The van der Waals surface area contributed by atoms with Crippen molar-refractivity contribution in [1.82, 2.24) is 5.32 Å². The SMILES string of the molecule is CSC1CCCC(NC2=NC(Cc3ccccc3)CS2)C1. The van der Waals surface area contributed by atoms with Gasteiger partial charge in [-0.25, -0.2) is 0 Å². The maximum atomic E-state index is 4.89. The predicted molar refractivity (Wildman–Crippen MR) is 96.5 cm³/mol. The van der Waals surface area contributed by atoms with E-state index in [0.717, 1.165) is 17.4 Å². The lowest BCUT2D eigenvalue weighted by molar-refractivity contribution is 0.424. The summed E-state index contributed by atoms with van der Waals surface area (Å²) in [7, 11) is 0. The Labute approximate surface area is 136 Å². The zero-order valence-electron chi connectivity index (χ0n) is 12.6. The molecular weight excluding hydrogens is 296 g/mol. The van der Waals surface area contributed by atoms with Gasteiger partial charge in [0.2, 0.25) is 0 Å². The number of hydrogen-bond acceptors (Lipinski definition) is 4. The van der Waals surface area contributed by atoms with E-state index in [-0.39, 0.29) is 0 Å². The fourth-order valence-corrected chi connectivity index (χ4v) is 4.99. The van der Waals surface area contributed by atoms with Crippen molar-refractivity contribution in [3.05, 3.63) is 35.9 Å². The van der Waals surface area contributed by atoms with E-state index in [4.69, 9.17) is 4.99 Å². The molecule has 114 valence electrons. The largest absolute Gasteiger partial charge is 0.362 e. The molecule has 0 aromatic heterocycles. The fourth-order valence-electron chi connectivity index (χ4n) is 3.15. The first kappa shape index (κ1) is 15.3. The van der Waals surface area contributed by atoms with Crippen LogP contribution in [-0.4, -0.2) is 34.5 Å². The number of benzene rings is 1. The summed E-state index contributed by atoms with van der Waals surface area (Å²) in [6.07, 6.45) is 8.65. The van der Waals surface area contributed by atoms with E-state index in [9.17, 15) is 0 Å². The molecule has 1 heterocycles. The highest BCUT2D eigenvalue weighted by Gasteiger charge is 2.25. The van der Waals surface area contributed by atoms with Crippen molar-refractivity contribution in [1.29, 1.82) is 0 Å². The van der Waals surface area contributed by atoms with Crippen LogP contribution in [0.2, 0.25) is 0 Å². The van der Waals surface area contributed by atoms with Crippen molar-refractivity contribution in [3.63, 3.8) is 0 Å². The fraction of sp³-hybridized carbons (Fsp3) is 0.588. The van der Waals surface area contributed by atoms with E-state index in [2.05, 4.69) is 41.9 Å². The van der Waals surface area contributed by atoms with Gasteiger partial charge in [0, 0.05) is 17.0 Å². The zero-order valence-corrected chi connectivity index (χ0v) is 14.3. The Morgan fingerprint density at radius 2 is 2.14 bits per heavy atom. The molecule has 1 aliphatic heterocycles. The normalized spacial score (nSPS) is 29.2. The molecule has 0 radical (unpaired) electrons. The van der Waals surface area contributed by atoms with Gasteiger partial charge in [-0.05, 0) is 37.5 Å². The molecule has 1 aromatic rings. The van der Waals surface area contributed by atoms with E-state index in [1.807, 2.05) is 23.5 Å². The summed E-state index contributed by atoms with van der Waals surface area (Å²) in [5, 5.41) is 5.72. The summed E-state index contributed by atoms with van der Waals surface area (Å²) < 4.78 is 0. The lowest BCUT2D eigenvalue weighted by atomic mass is 9.95. The third-order valence-corrected chi connectivity index (χ3v) is 6.46. The Balaban J connectivity index is 1.51. The highest BCUT2D eigenvalue weighted by Crippen LogP contribution is 2.28. The molecule has 2 nitrogen and oxygen atoms in total. The van der Waals surface area contributed by atoms with E-state index in [1.54, 1.807) is 0 Å². The number of nitrogens with zero attached hydrogens (tertiary/aromatic N) is 1. The van der Waals surface area contributed by atoms with E-state index in [0.29, 0.717) is 12.1 Å². The quantitative estimate of drug-likeness (QED) is 0.908. The molecule has 3 rings (SSSR count). The molecule has 2 aliphatic rings. The van der Waals surface area contributed by atoms with Crippen LogP contribution in [-0.2, 0) is 6.42 Å². The van der Waals surface area contributed by atoms with Crippen LogP contribution in [0.3, 0.4) is 0 Å². The van der Waals surface area contributed by atoms with Crippen molar-refractivity contribution in [2.45, 2.75) is 49.4 Å². The molecule has 3 unspecified atom stereocenters. The molecule has 3 atom stereocenters. The minimum atomic E-state index is 0.444. The topological polar surface area (TPSA) is 24.4 Å². The second-order valence-electron chi connectivity index (χ2n) is 5.95. The number of amidine groups is 1. The first-order valence-corrected chi connectivity index (χ1v) is 10.1. The molecule has 0 spiro atoms. The van der Waals surface area contributed by atoms with Crippen LogP contribution in [0.4, 0.5) is 0 Å². The number of thioether (sulfide) groups is 2. The van der Waals surface area contributed by atoms with Crippen molar-refractivity contribution in [2.24, 2.45) is 4.99 Å². The molecule has 4 heteroatoms. The third kappa shape index (κ3) is 4.43. The maximum Gasteiger partial charge on any atom is 0.157 e. The molecular formula is C17H24N2S2. The molecule has 1 aromatic carbocycles. The molecule has 1 fully saturated rings. The van der Waals surface area contributed by atoms with Crippen LogP contribution >= 0.6 is 23.5 Å². The van der Waals surface area contributed by atoms with Gasteiger partial charge < -0.3 is 5.32 Å². The smallest absolute Gasteiger partial charge is 0.157 e. The third-order valence-electron chi connectivity index (χ3n) is 4.31. The number of rotatable bonds is 4. The summed E-state index contributed by atoms with van der Waals surface area (Å²) in [5.74, 6) is 1.12. The second kappa shape index (κ2) is 7.59. The van der Waals surface area contributed by atoms with E-state index < -0.39 is 0 Å². The number of nitrogens with one attached hydrogen (secondary N) is 1. The first-order chi connectivity index (χ1) is 10.3. The highest BCUT2D eigenvalue weighted by atomic mass is 32.2. The summed E-state index contributed by atoms with van der Waals surface area (Å²) in [5.41, 5.74) is 1.40. The number of hydrogen-bond donors (Lipinski definition) is 1. The van der Waals surface area contributed by atoms with Crippen LogP contribution in [0.25, 0.3) is 0 Å². The molecule has 0 saturated heterocycles. The van der Waals surface area contributed by atoms with Crippen LogP contribution < -0.4 is 5.32 Å². The predicted octanol–water partition coefficient (Wildman–Crippen LogP) is 3.96. The summed E-state index contributed by atoms with van der Waals surface area (Å²) in [4.78, 5) is 4.89. The van der Waals surface area contributed by atoms with Gasteiger partial charge in [-0.15, -0.1) is 0 Å². The Hall–Kier alpha value is -0.610. The summed E-state index contributed by atoms with van der Waals surface area (Å²) in [6.45, 7) is 0. The van der Waals surface area contributed by atoms with Gasteiger partial charge >= 0.3 is 0 Å². The average molecular weight is 321 g/mol.